The summed E-state index contributed by atoms with van der Waals surface area (Å²) in [6.07, 6.45) is 3.66. The van der Waals surface area contributed by atoms with Crippen LogP contribution in [0.5, 0.6) is 0 Å². The van der Waals surface area contributed by atoms with E-state index in [9.17, 15) is 9.59 Å². The Morgan fingerprint density at radius 3 is 2.57 bits per heavy atom. The van der Waals surface area contributed by atoms with Crippen molar-refractivity contribution < 1.29 is 4.79 Å². The molecule has 0 saturated heterocycles. The van der Waals surface area contributed by atoms with Crippen LogP contribution in [0.4, 0.5) is 0 Å². The second-order valence-corrected chi connectivity index (χ2v) is 5.46. The number of imidazole rings is 1. The van der Waals surface area contributed by atoms with Gasteiger partial charge < -0.3 is 5.32 Å². The van der Waals surface area contributed by atoms with Crippen molar-refractivity contribution in [1.29, 1.82) is 0 Å². The molecule has 114 valence electrons. The van der Waals surface area contributed by atoms with Crippen LogP contribution in [0, 0.1) is 0 Å². The van der Waals surface area contributed by atoms with Gasteiger partial charge in [-0.15, -0.1) is 0 Å². The smallest absolute Gasteiger partial charge is 0.328 e. The van der Waals surface area contributed by atoms with Crippen LogP contribution in [-0.2, 0) is 25.3 Å². The Hall–Kier alpha value is -2.04. The van der Waals surface area contributed by atoms with Crippen molar-refractivity contribution in [3.05, 3.63) is 34.2 Å². The van der Waals surface area contributed by atoms with Crippen LogP contribution < -0.4 is 11.0 Å². The Bertz CT molecular complexity index is 697. The maximum absolute atomic E-state index is 11.9. The molecule has 1 aromatic heterocycles. The Balaban J connectivity index is 2.08. The van der Waals surface area contributed by atoms with Crippen molar-refractivity contribution in [3.63, 3.8) is 0 Å². The number of unbranched alkanes of at least 4 members (excludes halogenated alkanes) is 2. The van der Waals surface area contributed by atoms with Crippen molar-refractivity contribution in [2.24, 2.45) is 14.1 Å². The zero-order valence-electron chi connectivity index (χ0n) is 13.0. The van der Waals surface area contributed by atoms with Crippen LogP contribution in [0.25, 0.3) is 11.0 Å². The van der Waals surface area contributed by atoms with Gasteiger partial charge in [-0.25, -0.2) is 4.79 Å². The van der Waals surface area contributed by atoms with E-state index in [0.717, 1.165) is 42.4 Å². The lowest BCUT2D eigenvalue weighted by atomic mass is 10.1. The van der Waals surface area contributed by atoms with Crippen LogP contribution >= 0.6 is 0 Å². The number of nitrogens with zero attached hydrogens (tertiary/aromatic N) is 2. The number of carbonyl (C=O) groups is 1. The molecule has 0 bridgehead atoms. The van der Waals surface area contributed by atoms with Gasteiger partial charge >= 0.3 is 5.69 Å². The number of amides is 1. The molecule has 0 aliphatic carbocycles. The van der Waals surface area contributed by atoms with E-state index in [1.807, 2.05) is 18.2 Å². The highest BCUT2D eigenvalue weighted by Gasteiger charge is 2.09. The lowest BCUT2D eigenvalue weighted by Gasteiger charge is -2.05. The van der Waals surface area contributed by atoms with Crippen LogP contribution in [0.3, 0.4) is 0 Å². The van der Waals surface area contributed by atoms with Gasteiger partial charge in [0.1, 0.15) is 0 Å². The van der Waals surface area contributed by atoms with Gasteiger partial charge in [0.15, 0.2) is 0 Å². The third kappa shape index (κ3) is 3.35. The van der Waals surface area contributed by atoms with Gasteiger partial charge in [-0.3, -0.25) is 13.9 Å². The standard InChI is InChI=1S/C16H23N3O2/c1-4-5-6-9-17-15(20)11-12-7-8-13-14(10-12)19(3)16(21)18(13)2/h7-8,10H,4-6,9,11H2,1-3H3,(H,17,20). The van der Waals surface area contributed by atoms with Crippen LogP contribution in [-0.4, -0.2) is 21.6 Å². The molecule has 21 heavy (non-hydrogen) atoms. The first kappa shape index (κ1) is 15.4. The zero-order valence-corrected chi connectivity index (χ0v) is 13.0. The summed E-state index contributed by atoms with van der Waals surface area (Å²) in [5, 5.41) is 2.93. The van der Waals surface area contributed by atoms with Crippen LogP contribution in [0.2, 0.25) is 0 Å². The molecule has 1 N–H and O–H groups in total. The number of rotatable bonds is 6. The highest BCUT2D eigenvalue weighted by molar-refractivity contribution is 5.82. The minimum Gasteiger partial charge on any atom is -0.356 e. The summed E-state index contributed by atoms with van der Waals surface area (Å²) in [6, 6.07) is 5.73. The Kier molecular flexibility index (Phi) is 4.83. The monoisotopic (exact) mass is 289 g/mol. The second-order valence-electron chi connectivity index (χ2n) is 5.46. The molecule has 0 aliphatic rings. The van der Waals surface area contributed by atoms with Gasteiger partial charge in [0, 0.05) is 20.6 Å². The molecule has 0 radical (unpaired) electrons. The zero-order chi connectivity index (χ0) is 15.4. The fourth-order valence-corrected chi connectivity index (χ4v) is 2.51. The number of fused-ring (bicyclic) bond motifs is 1. The van der Waals surface area contributed by atoms with Gasteiger partial charge in [-0.2, -0.15) is 0 Å². The summed E-state index contributed by atoms with van der Waals surface area (Å²) >= 11 is 0. The Morgan fingerprint density at radius 2 is 1.86 bits per heavy atom. The third-order valence-electron chi connectivity index (χ3n) is 3.80. The average Bonchev–Trinajstić information content (AvgIpc) is 2.68. The molecule has 0 unspecified atom stereocenters. The maximum Gasteiger partial charge on any atom is 0.328 e. The molecule has 2 aromatic rings. The molecule has 0 atom stereocenters. The first-order valence-electron chi connectivity index (χ1n) is 7.45. The molecule has 2 rings (SSSR count). The summed E-state index contributed by atoms with van der Waals surface area (Å²) in [4.78, 5) is 23.8. The van der Waals surface area contributed by atoms with Crippen molar-refractivity contribution in [1.82, 2.24) is 14.5 Å². The molecule has 0 spiro atoms. The highest BCUT2D eigenvalue weighted by Crippen LogP contribution is 2.14. The number of benzene rings is 1. The number of aryl methyl sites for hydroxylation is 2. The van der Waals surface area contributed by atoms with Gasteiger partial charge in [-0.1, -0.05) is 25.8 Å². The number of aromatic nitrogens is 2. The number of hydrogen-bond donors (Lipinski definition) is 1. The molecule has 0 aliphatic heterocycles. The first-order chi connectivity index (χ1) is 10.0. The van der Waals surface area contributed by atoms with Gasteiger partial charge in [0.25, 0.3) is 0 Å². The summed E-state index contributed by atoms with van der Waals surface area (Å²) < 4.78 is 3.22. The first-order valence-corrected chi connectivity index (χ1v) is 7.45. The number of hydrogen-bond acceptors (Lipinski definition) is 2. The van der Waals surface area contributed by atoms with E-state index in [2.05, 4.69) is 12.2 Å². The third-order valence-corrected chi connectivity index (χ3v) is 3.80. The number of nitrogens with one attached hydrogen (secondary N) is 1. The predicted molar refractivity (Wildman–Crippen MR) is 84.4 cm³/mol. The molecule has 1 amide bonds. The van der Waals surface area contributed by atoms with Crippen molar-refractivity contribution in [2.75, 3.05) is 6.54 Å². The van der Waals surface area contributed by atoms with Gasteiger partial charge in [0.05, 0.1) is 17.5 Å². The van der Waals surface area contributed by atoms with E-state index in [1.165, 1.54) is 0 Å². The molecule has 5 heteroatoms. The fraction of sp³-hybridized carbons (Fsp3) is 0.500. The Labute approximate surface area is 124 Å². The average molecular weight is 289 g/mol. The summed E-state index contributed by atoms with van der Waals surface area (Å²) in [5.41, 5.74) is 2.62. The van der Waals surface area contributed by atoms with Gasteiger partial charge in [-0.05, 0) is 24.1 Å². The lowest BCUT2D eigenvalue weighted by molar-refractivity contribution is -0.120. The normalized spacial score (nSPS) is 11.0. The van der Waals surface area contributed by atoms with E-state index >= 15 is 0 Å². The minimum absolute atomic E-state index is 0.0337. The SMILES string of the molecule is CCCCCNC(=O)Cc1ccc2c(c1)n(C)c(=O)n2C. The molecule has 5 nitrogen and oxygen atoms in total. The molecular weight excluding hydrogens is 266 g/mol. The molecular formula is C16H23N3O2. The summed E-state index contributed by atoms with van der Waals surface area (Å²) in [7, 11) is 3.50. The minimum atomic E-state index is -0.0498. The predicted octanol–water partition coefficient (Wildman–Crippen LogP) is 1.73. The molecule has 0 saturated carbocycles. The Morgan fingerprint density at radius 1 is 1.14 bits per heavy atom. The number of carbonyl (C=O) groups excluding carboxylic acids is 1. The van der Waals surface area contributed by atoms with Crippen LogP contribution in [0.1, 0.15) is 31.7 Å². The molecule has 1 heterocycles. The van der Waals surface area contributed by atoms with E-state index < -0.39 is 0 Å². The highest BCUT2D eigenvalue weighted by atomic mass is 16.2. The maximum atomic E-state index is 11.9. The van der Waals surface area contributed by atoms with Crippen molar-refractivity contribution >= 4 is 16.9 Å². The summed E-state index contributed by atoms with van der Waals surface area (Å²) in [6.45, 7) is 2.87. The van der Waals surface area contributed by atoms with Crippen molar-refractivity contribution in [2.45, 2.75) is 32.6 Å². The quantitative estimate of drug-likeness (QED) is 0.823. The van der Waals surface area contributed by atoms with E-state index in [1.54, 1.807) is 23.2 Å². The van der Waals surface area contributed by atoms with Crippen LogP contribution in [0.15, 0.2) is 23.0 Å². The summed E-state index contributed by atoms with van der Waals surface area (Å²) in [5.74, 6) is 0.0337. The topological polar surface area (TPSA) is 56.0 Å². The van der Waals surface area contributed by atoms with E-state index in [4.69, 9.17) is 0 Å². The molecule has 1 aromatic carbocycles. The van der Waals surface area contributed by atoms with E-state index in [0.29, 0.717) is 6.42 Å². The van der Waals surface area contributed by atoms with Crippen molar-refractivity contribution in [3.8, 4) is 0 Å². The lowest BCUT2D eigenvalue weighted by Crippen LogP contribution is -2.26. The second kappa shape index (κ2) is 6.61. The fourth-order valence-electron chi connectivity index (χ4n) is 2.51. The van der Waals surface area contributed by atoms with Gasteiger partial charge in [0.2, 0.25) is 5.91 Å². The molecule has 0 fully saturated rings. The van der Waals surface area contributed by atoms with E-state index in [-0.39, 0.29) is 11.6 Å². The largest absolute Gasteiger partial charge is 0.356 e.